The van der Waals surface area contributed by atoms with Crippen LogP contribution in [0.4, 0.5) is 0 Å². The van der Waals surface area contributed by atoms with Gasteiger partial charge in [0.05, 0.1) is 11.8 Å². The minimum atomic E-state index is -0.936. The maximum Gasteiger partial charge on any atom is 0.239 e. The lowest BCUT2D eigenvalue weighted by atomic mass is 9.78. The highest BCUT2D eigenvalue weighted by molar-refractivity contribution is 8.15. The number of aliphatic imine (C=N–C) groups is 1. The van der Waals surface area contributed by atoms with Gasteiger partial charge in [-0.3, -0.25) is 14.5 Å². The van der Waals surface area contributed by atoms with Crippen LogP contribution < -0.4 is 4.74 Å². The van der Waals surface area contributed by atoms with Gasteiger partial charge in [-0.05, 0) is 19.9 Å². The highest BCUT2D eigenvalue weighted by Crippen LogP contribution is 2.52. The molecule has 3 aliphatic heterocycles. The van der Waals surface area contributed by atoms with Gasteiger partial charge < -0.3 is 4.74 Å². The summed E-state index contributed by atoms with van der Waals surface area (Å²) < 4.78 is 6.05. The Bertz CT molecular complexity index is 702. The number of benzene rings is 1. The van der Waals surface area contributed by atoms with E-state index in [4.69, 9.17) is 4.74 Å². The SMILES string of the molecule is CC(=O)[C@H]1[C@H]2c3ccccc3O[C@]1(C)N=C1SCC(=O)N12. The van der Waals surface area contributed by atoms with Crippen molar-refractivity contribution in [2.45, 2.75) is 25.6 Å². The number of carbonyl (C=O) groups is 2. The molecular weight excluding hydrogens is 288 g/mol. The molecule has 5 nitrogen and oxygen atoms in total. The molecule has 0 saturated carbocycles. The first kappa shape index (κ1) is 12.9. The second kappa shape index (κ2) is 4.10. The smallest absolute Gasteiger partial charge is 0.239 e. The summed E-state index contributed by atoms with van der Waals surface area (Å²) in [6.07, 6.45) is 0. The van der Waals surface area contributed by atoms with Gasteiger partial charge in [-0.15, -0.1) is 0 Å². The van der Waals surface area contributed by atoms with Gasteiger partial charge in [0.25, 0.3) is 0 Å². The second-order valence-corrected chi connectivity index (χ2v) is 6.62. The van der Waals surface area contributed by atoms with Gasteiger partial charge in [0.2, 0.25) is 11.6 Å². The number of Topliss-reactive ketones (excluding diaryl/α,β-unsaturated/α-hetero) is 1. The Labute approximate surface area is 126 Å². The summed E-state index contributed by atoms with van der Waals surface area (Å²) in [5.74, 6) is 0.602. The van der Waals surface area contributed by atoms with Crippen LogP contribution in [0.1, 0.15) is 25.5 Å². The molecule has 3 atom stereocenters. The lowest BCUT2D eigenvalue weighted by Crippen LogP contribution is -2.58. The first-order valence-corrected chi connectivity index (χ1v) is 7.83. The van der Waals surface area contributed by atoms with Gasteiger partial charge in [0.15, 0.2) is 5.17 Å². The minimum absolute atomic E-state index is 0.00810. The van der Waals surface area contributed by atoms with Crippen LogP contribution in [0.15, 0.2) is 29.3 Å². The van der Waals surface area contributed by atoms with E-state index in [0.717, 1.165) is 5.56 Å². The fraction of sp³-hybridized carbons (Fsp3) is 0.400. The average molecular weight is 302 g/mol. The maximum absolute atomic E-state index is 12.3. The molecule has 4 rings (SSSR count). The molecule has 0 aliphatic carbocycles. The summed E-state index contributed by atoms with van der Waals surface area (Å²) >= 11 is 1.41. The fourth-order valence-corrected chi connectivity index (χ4v) is 4.47. The van der Waals surface area contributed by atoms with Crippen molar-refractivity contribution in [3.05, 3.63) is 29.8 Å². The number of amidine groups is 1. The zero-order valence-electron chi connectivity index (χ0n) is 11.7. The molecule has 1 aromatic carbocycles. The molecule has 1 aromatic rings. The van der Waals surface area contributed by atoms with Crippen LogP contribution in [0.2, 0.25) is 0 Å². The van der Waals surface area contributed by atoms with Gasteiger partial charge in [0, 0.05) is 5.56 Å². The molecule has 1 amide bonds. The predicted octanol–water partition coefficient (Wildman–Crippen LogP) is 1.99. The third-order valence-electron chi connectivity index (χ3n) is 4.28. The van der Waals surface area contributed by atoms with E-state index in [9.17, 15) is 9.59 Å². The summed E-state index contributed by atoms with van der Waals surface area (Å²) in [4.78, 5) is 30.8. The number of hydrogen-bond donors (Lipinski definition) is 0. The molecular formula is C15H14N2O3S. The monoisotopic (exact) mass is 302 g/mol. The first-order valence-electron chi connectivity index (χ1n) is 6.84. The Morgan fingerprint density at radius 3 is 3.00 bits per heavy atom. The van der Waals surface area contributed by atoms with E-state index in [1.165, 1.54) is 11.8 Å². The van der Waals surface area contributed by atoms with E-state index in [0.29, 0.717) is 16.7 Å². The zero-order chi connectivity index (χ0) is 14.8. The zero-order valence-corrected chi connectivity index (χ0v) is 12.5. The van der Waals surface area contributed by atoms with Crippen LogP contribution in [-0.4, -0.2) is 33.2 Å². The number of ether oxygens (including phenoxy) is 1. The first-order chi connectivity index (χ1) is 10.0. The van der Waals surface area contributed by atoms with Crippen LogP contribution in [0, 0.1) is 5.92 Å². The molecule has 0 radical (unpaired) electrons. The minimum Gasteiger partial charge on any atom is -0.465 e. The summed E-state index contributed by atoms with van der Waals surface area (Å²) in [5.41, 5.74) is -0.0488. The maximum atomic E-state index is 12.3. The normalized spacial score (nSPS) is 33.0. The Kier molecular flexibility index (Phi) is 2.52. The van der Waals surface area contributed by atoms with Gasteiger partial charge in [-0.1, -0.05) is 30.0 Å². The Morgan fingerprint density at radius 1 is 1.48 bits per heavy atom. The molecule has 108 valence electrons. The van der Waals surface area contributed by atoms with E-state index < -0.39 is 11.6 Å². The van der Waals surface area contributed by atoms with Crippen LogP contribution >= 0.6 is 11.8 Å². The summed E-state index contributed by atoms with van der Waals surface area (Å²) in [5, 5.41) is 0.666. The molecule has 3 aliphatic rings. The van der Waals surface area contributed by atoms with Crippen molar-refractivity contribution in [2.75, 3.05) is 5.75 Å². The number of fused-ring (bicyclic) bond motifs is 6. The standard InChI is InChI=1S/C15H14N2O3S/c1-8(18)12-13-9-5-3-4-6-10(9)20-15(12,2)16-14-17(13)11(19)7-21-14/h3-6,12-13H,7H2,1-2H3/t12-,13+,15-/m0/s1. The molecule has 2 bridgehead atoms. The third-order valence-corrected chi connectivity index (χ3v) is 5.22. The van der Waals surface area contributed by atoms with E-state index in [1.807, 2.05) is 31.2 Å². The largest absolute Gasteiger partial charge is 0.465 e. The lowest BCUT2D eigenvalue weighted by molar-refractivity contribution is -0.140. The molecule has 21 heavy (non-hydrogen) atoms. The highest BCUT2D eigenvalue weighted by Gasteiger charge is 2.58. The van der Waals surface area contributed by atoms with Gasteiger partial charge in [0.1, 0.15) is 17.5 Å². The molecule has 1 fully saturated rings. The Balaban J connectivity index is 1.99. The number of thioether (sulfide) groups is 1. The topological polar surface area (TPSA) is 59.0 Å². The molecule has 0 N–H and O–H groups in total. The van der Waals surface area contributed by atoms with Crippen molar-refractivity contribution in [3.8, 4) is 5.75 Å². The van der Waals surface area contributed by atoms with Crippen molar-refractivity contribution in [1.82, 2.24) is 4.90 Å². The number of ketones is 1. The van der Waals surface area contributed by atoms with E-state index in [-0.39, 0.29) is 17.7 Å². The molecule has 0 unspecified atom stereocenters. The predicted molar refractivity (Wildman–Crippen MR) is 79.1 cm³/mol. The summed E-state index contributed by atoms with van der Waals surface area (Å²) in [6, 6.07) is 7.27. The van der Waals surface area contributed by atoms with Gasteiger partial charge in [-0.25, -0.2) is 4.99 Å². The number of amides is 1. The number of hydrogen-bond acceptors (Lipinski definition) is 5. The van der Waals surface area contributed by atoms with Crippen LogP contribution in [0.5, 0.6) is 5.75 Å². The van der Waals surface area contributed by atoms with Gasteiger partial charge in [-0.2, -0.15) is 0 Å². The Hall–Kier alpha value is -1.82. The fourth-order valence-electron chi connectivity index (χ4n) is 3.48. The Morgan fingerprint density at radius 2 is 2.24 bits per heavy atom. The lowest BCUT2D eigenvalue weighted by Gasteiger charge is -2.49. The molecule has 1 saturated heterocycles. The van der Waals surface area contributed by atoms with Crippen molar-refractivity contribution >= 4 is 28.6 Å². The van der Waals surface area contributed by atoms with E-state index in [2.05, 4.69) is 4.99 Å². The third kappa shape index (κ3) is 1.62. The molecule has 3 heterocycles. The van der Waals surface area contributed by atoms with Crippen LogP contribution in [0.25, 0.3) is 0 Å². The molecule has 0 aromatic heterocycles. The van der Waals surface area contributed by atoms with Crippen LogP contribution in [0.3, 0.4) is 0 Å². The van der Waals surface area contributed by atoms with Gasteiger partial charge >= 0.3 is 0 Å². The van der Waals surface area contributed by atoms with Crippen molar-refractivity contribution < 1.29 is 14.3 Å². The van der Waals surface area contributed by atoms with Crippen LogP contribution in [-0.2, 0) is 9.59 Å². The van der Waals surface area contributed by atoms with Crippen molar-refractivity contribution in [2.24, 2.45) is 10.9 Å². The average Bonchev–Trinajstić information content (AvgIpc) is 2.77. The van der Waals surface area contributed by atoms with E-state index >= 15 is 0 Å². The number of carbonyl (C=O) groups excluding carboxylic acids is 2. The van der Waals surface area contributed by atoms with E-state index in [1.54, 1.807) is 11.8 Å². The summed E-state index contributed by atoms with van der Waals surface area (Å²) in [7, 11) is 0. The quantitative estimate of drug-likeness (QED) is 0.796. The highest BCUT2D eigenvalue weighted by atomic mass is 32.2. The second-order valence-electron chi connectivity index (χ2n) is 5.67. The number of para-hydroxylation sites is 1. The number of nitrogens with zero attached hydrogens (tertiary/aromatic N) is 2. The molecule has 0 spiro atoms. The number of rotatable bonds is 1. The molecule has 6 heteroatoms. The van der Waals surface area contributed by atoms with Crippen molar-refractivity contribution in [3.63, 3.8) is 0 Å². The van der Waals surface area contributed by atoms with Crippen molar-refractivity contribution in [1.29, 1.82) is 0 Å². The summed E-state index contributed by atoms with van der Waals surface area (Å²) in [6.45, 7) is 3.37.